The van der Waals surface area contributed by atoms with Gasteiger partial charge in [-0.25, -0.2) is 0 Å². The Morgan fingerprint density at radius 2 is 1.29 bits per heavy atom. The van der Waals surface area contributed by atoms with Crippen molar-refractivity contribution in [3.05, 3.63) is 60.8 Å². The third kappa shape index (κ3) is 21.9. The van der Waals surface area contributed by atoms with Crippen LogP contribution >= 0.6 is 0 Å². The van der Waals surface area contributed by atoms with Gasteiger partial charge in [0.25, 0.3) is 0 Å². The highest BCUT2D eigenvalue weighted by atomic mass is 16.3. The zero-order valence-electron chi connectivity index (χ0n) is 21.8. The number of aliphatic hydroxyl groups is 2. The number of amides is 1. The molecule has 0 aliphatic rings. The normalized spacial score (nSPS) is 14.4. The second-order valence-corrected chi connectivity index (χ2v) is 8.72. The van der Waals surface area contributed by atoms with Crippen LogP contribution in [0.15, 0.2) is 60.8 Å². The number of carbonyl (C=O) groups excluding carboxylic acids is 1. The van der Waals surface area contributed by atoms with Crippen LogP contribution in [0, 0.1) is 0 Å². The van der Waals surface area contributed by atoms with Gasteiger partial charge in [0.1, 0.15) is 0 Å². The lowest BCUT2D eigenvalue weighted by Gasteiger charge is -2.19. The van der Waals surface area contributed by atoms with Crippen molar-refractivity contribution in [2.24, 2.45) is 0 Å². The van der Waals surface area contributed by atoms with Crippen LogP contribution in [0.1, 0.15) is 104 Å². The van der Waals surface area contributed by atoms with Crippen molar-refractivity contribution in [1.29, 1.82) is 0 Å². The predicted octanol–water partition coefficient (Wildman–Crippen LogP) is 7.11. The predicted molar refractivity (Wildman–Crippen MR) is 147 cm³/mol. The first kappa shape index (κ1) is 32.1. The van der Waals surface area contributed by atoms with Gasteiger partial charge in [-0.05, 0) is 57.8 Å². The average Bonchev–Trinajstić information content (AvgIpc) is 2.84. The van der Waals surface area contributed by atoms with Gasteiger partial charge in [0.05, 0.1) is 18.8 Å². The minimum Gasteiger partial charge on any atom is -0.394 e. The Bertz CT molecular complexity index is 604. The molecule has 0 saturated carbocycles. The zero-order chi connectivity index (χ0) is 25.1. The molecule has 0 bridgehead atoms. The van der Waals surface area contributed by atoms with Gasteiger partial charge in [0.15, 0.2) is 0 Å². The average molecular weight is 474 g/mol. The zero-order valence-corrected chi connectivity index (χ0v) is 21.8. The van der Waals surface area contributed by atoms with E-state index in [9.17, 15) is 15.0 Å². The van der Waals surface area contributed by atoms with Crippen LogP contribution in [0.2, 0.25) is 0 Å². The molecule has 0 saturated heterocycles. The summed E-state index contributed by atoms with van der Waals surface area (Å²) < 4.78 is 0. The lowest BCUT2D eigenvalue weighted by molar-refractivity contribution is -0.123. The fourth-order valence-electron chi connectivity index (χ4n) is 3.40. The van der Waals surface area contributed by atoms with Gasteiger partial charge < -0.3 is 15.5 Å². The van der Waals surface area contributed by atoms with Crippen molar-refractivity contribution in [3.8, 4) is 0 Å². The van der Waals surface area contributed by atoms with Crippen LogP contribution < -0.4 is 5.32 Å². The number of carbonyl (C=O) groups is 1. The Labute approximate surface area is 209 Å². The molecule has 2 unspecified atom stereocenters. The molecule has 0 heterocycles. The molecule has 194 valence electrons. The van der Waals surface area contributed by atoms with E-state index in [1.165, 1.54) is 6.42 Å². The summed E-state index contributed by atoms with van der Waals surface area (Å²) in [5.41, 5.74) is 0. The highest BCUT2D eigenvalue weighted by Gasteiger charge is 2.17. The lowest BCUT2D eigenvalue weighted by Crippen LogP contribution is -2.45. The van der Waals surface area contributed by atoms with Crippen LogP contribution in [0.4, 0.5) is 0 Å². The van der Waals surface area contributed by atoms with Crippen molar-refractivity contribution in [3.63, 3.8) is 0 Å². The first-order chi connectivity index (χ1) is 16.7. The third-order valence-corrected chi connectivity index (χ3v) is 5.51. The van der Waals surface area contributed by atoms with Crippen molar-refractivity contribution in [1.82, 2.24) is 5.32 Å². The number of nitrogens with one attached hydrogen (secondary N) is 1. The molecule has 0 aliphatic carbocycles. The molecule has 0 spiro atoms. The van der Waals surface area contributed by atoms with Crippen LogP contribution in [-0.4, -0.2) is 34.9 Å². The quantitative estimate of drug-likeness (QED) is 0.116. The van der Waals surface area contributed by atoms with Crippen molar-refractivity contribution in [2.75, 3.05) is 6.61 Å². The summed E-state index contributed by atoms with van der Waals surface area (Å²) in [6.07, 6.45) is 34.5. The number of allylic oxidation sites excluding steroid dienone is 9. The van der Waals surface area contributed by atoms with Gasteiger partial charge in [-0.15, -0.1) is 0 Å². The minimum absolute atomic E-state index is 0.101. The number of hydrogen-bond acceptors (Lipinski definition) is 3. The maximum Gasteiger partial charge on any atom is 0.220 e. The first-order valence-corrected chi connectivity index (χ1v) is 13.5. The first-order valence-electron chi connectivity index (χ1n) is 13.5. The molecule has 0 rings (SSSR count). The molecule has 0 aliphatic heterocycles. The summed E-state index contributed by atoms with van der Waals surface area (Å²) in [7, 11) is 0. The molecule has 1 amide bonds. The van der Waals surface area contributed by atoms with Crippen LogP contribution in [-0.2, 0) is 4.79 Å². The van der Waals surface area contributed by atoms with Crippen molar-refractivity contribution in [2.45, 2.75) is 116 Å². The van der Waals surface area contributed by atoms with E-state index in [2.05, 4.69) is 67.8 Å². The van der Waals surface area contributed by atoms with Crippen molar-refractivity contribution < 1.29 is 15.0 Å². The Hall–Kier alpha value is -1.91. The molecular formula is C30H51NO3. The summed E-state index contributed by atoms with van der Waals surface area (Å²) >= 11 is 0. The third-order valence-electron chi connectivity index (χ3n) is 5.51. The molecular weight excluding hydrogens is 422 g/mol. The number of rotatable bonds is 22. The maximum atomic E-state index is 12.1. The van der Waals surface area contributed by atoms with Crippen LogP contribution in [0.25, 0.3) is 0 Å². The second-order valence-electron chi connectivity index (χ2n) is 8.72. The van der Waals surface area contributed by atoms with Gasteiger partial charge >= 0.3 is 0 Å². The molecule has 4 heteroatoms. The Morgan fingerprint density at radius 3 is 1.91 bits per heavy atom. The Kier molecular flexibility index (Phi) is 24.3. The molecule has 2 atom stereocenters. The second kappa shape index (κ2) is 25.7. The van der Waals surface area contributed by atoms with E-state index >= 15 is 0 Å². The van der Waals surface area contributed by atoms with E-state index < -0.39 is 12.1 Å². The van der Waals surface area contributed by atoms with Crippen LogP contribution in [0.3, 0.4) is 0 Å². The van der Waals surface area contributed by atoms with E-state index in [0.717, 1.165) is 77.0 Å². The van der Waals surface area contributed by atoms with E-state index in [4.69, 9.17) is 0 Å². The Balaban J connectivity index is 3.74. The highest BCUT2D eigenvalue weighted by Crippen LogP contribution is 2.07. The molecule has 3 N–H and O–H groups in total. The summed E-state index contributed by atoms with van der Waals surface area (Å²) in [5, 5.41) is 22.4. The van der Waals surface area contributed by atoms with Gasteiger partial charge in [-0.1, -0.05) is 100 Å². The topological polar surface area (TPSA) is 69.6 Å². The fourth-order valence-corrected chi connectivity index (χ4v) is 3.40. The van der Waals surface area contributed by atoms with Gasteiger partial charge in [-0.3, -0.25) is 4.79 Å². The molecule has 4 nitrogen and oxygen atoms in total. The molecule has 34 heavy (non-hydrogen) atoms. The van der Waals surface area contributed by atoms with Gasteiger partial charge in [-0.2, -0.15) is 0 Å². The monoisotopic (exact) mass is 473 g/mol. The molecule has 0 radical (unpaired) electrons. The largest absolute Gasteiger partial charge is 0.394 e. The number of hydrogen-bond donors (Lipinski definition) is 3. The van der Waals surface area contributed by atoms with Crippen molar-refractivity contribution >= 4 is 5.91 Å². The number of unbranched alkanes of at least 4 members (excludes halogenated alkanes) is 7. The smallest absolute Gasteiger partial charge is 0.220 e. The standard InChI is InChI=1S/C30H51NO3/c1-3-5-7-9-10-11-12-13-14-15-16-17-18-19-20-22-24-26-30(34)31-28(27-32)29(33)25-23-21-8-6-4-2/h5,7,10-11,13-14,16-17,23,25,28-29,32-33H,3-4,6,8-9,12,15,18-22,24,26-27H2,1-2H3,(H,31,34)/b7-5-,11-10-,14-13-,17-16-,25-23+. The summed E-state index contributed by atoms with van der Waals surface area (Å²) in [6.45, 7) is 4.04. The summed E-state index contributed by atoms with van der Waals surface area (Å²) in [5.74, 6) is -0.101. The highest BCUT2D eigenvalue weighted by molar-refractivity contribution is 5.76. The Morgan fingerprint density at radius 1 is 0.735 bits per heavy atom. The summed E-state index contributed by atoms with van der Waals surface area (Å²) in [4.78, 5) is 12.1. The molecule has 0 fully saturated rings. The lowest BCUT2D eigenvalue weighted by atomic mass is 10.1. The fraction of sp³-hybridized carbons (Fsp3) is 0.633. The minimum atomic E-state index is -0.846. The number of aliphatic hydroxyl groups excluding tert-OH is 2. The van der Waals surface area contributed by atoms with Crippen LogP contribution in [0.5, 0.6) is 0 Å². The van der Waals surface area contributed by atoms with E-state index in [0.29, 0.717) is 6.42 Å². The maximum absolute atomic E-state index is 12.1. The molecule has 0 aromatic rings. The van der Waals surface area contributed by atoms with Gasteiger partial charge in [0.2, 0.25) is 5.91 Å². The van der Waals surface area contributed by atoms with E-state index in [1.807, 2.05) is 6.08 Å². The molecule has 0 aromatic carbocycles. The summed E-state index contributed by atoms with van der Waals surface area (Å²) in [6, 6.07) is -0.631. The molecule has 0 aromatic heterocycles. The van der Waals surface area contributed by atoms with E-state index in [-0.39, 0.29) is 12.5 Å². The van der Waals surface area contributed by atoms with Gasteiger partial charge in [0, 0.05) is 6.42 Å². The SMILES string of the molecule is CC/C=C\C/C=C\C/C=C\C/C=C\CCCCCCC(=O)NC(CO)C(O)/C=C/CCCCC. The van der Waals surface area contributed by atoms with E-state index in [1.54, 1.807) is 6.08 Å².